The first-order chi connectivity index (χ1) is 14.2. The summed E-state index contributed by atoms with van der Waals surface area (Å²) < 4.78 is 33.2. The van der Waals surface area contributed by atoms with Gasteiger partial charge in [0.15, 0.2) is 0 Å². The molecule has 2 heterocycles. The van der Waals surface area contributed by atoms with Crippen LogP contribution in [-0.4, -0.2) is 32.9 Å². The number of anilines is 3. The molecule has 1 N–H and O–H groups in total. The highest BCUT2D eigenvalue weighted by Gasteiger charge is 2.23. The second-order valence-electron chi connectivity index (χ2n) is 7.74. The third-order valence-electron chi connectivity index (χ3n) is 5.51. The van der Waals surface area contributed by atoms with Gasteiger partial charge in [-0.05, 0) is 43.5 Å². The van der Waals surface area contributed by atoms with Crippen LogP contribution in [0.4, 0.5) is 17.1 Å². The SMILES string of the molecule is COc1cc(N2CCCc3ccc(NS(C)(=O)=O)cc32)c2cc(C)c(=O)n(C)c2c1. The Kier molecular flexibility index (Phi) is 4.97. The molecule has 0 unspecified atom stereocenters. The van der Waals surface area contributed by atoms with E-state index >= 15 is 0 Å². The second kappa shape index (κ2) is 7.36. The molecular formula is C22H25N3O4S. The fraction of sp³-hybridized carbons (Fsp3) is 0.318. The number of nitrogens with zero attached hydrogens (tertiary/aromatic N) is 2. The van der Waals surface area contributed by atoms with E-state index in [1.807, 2.05) is 37.3 Å². The summed E-state index contributed by atoms with van der Waals surface area (Å²) in [6, 6.07) is 11.4. The van der Waals surface area contributed by atoms with Crippen molar-refractivity contribution in [2.75, 3.05) is 29.5 Å². The average Bonchev–Trinajstić information content (AvgIpc) is 2.70. The quantitative estimate of drug-likeness (QED) is 0.691. The molecule has 0 radical (unpaired) electrons. The number of methoxy groups -OCH3 is 1. The normalized spacial score (nSPS) is 13.9. The summed E-state index contributed by atoms with van der Waals surface area (Å²) in [4.78, 5) is 14.7. The van der Waals surface area contributed by atoms with Crippen LogP contribution >= 0.6 is 0 Å². The number of sulfonamides is 1. The highest BCUT2D eigenvalue weighted by atomic mass is 32.2. The van der Waals surface area contributed by atoms with Crippen LogP contribution in [0.1, 0.15) is 17.5 Å². The van der Waals surface area contributed by atoms with Crippen molar-refractivity contribution in [1.29, 1.82) is 0 Å². The fourth-order valence-electron chi connectivity index (χ4n) is 4.12. The van der Waals surface area contributed by atoms with Crippen LogP contribution in [0.15, 0.2) is 41.2 Å². The lowest BCUT2D eigenvalue weighted by Gasteiger charge is -2.33. The maximum absolute atomic E-state index is 12.5. The molecule has 0 atom stereocenters. The lowest BCUT2D eigenvalue weighted by Crippen LogP contribution is -2.26. The summed E-state index contributed by atoms with van der Waals surface area (Å²) in [5.74, 6) is 0.661. The molecule has 0 aliphatic carbocycles. The van der Waals surface area contributed by atoms with Gasteiger partial charge in [-0.1, -0.05) is 6.07 Å². The van der Waals surface area contributed by atoms with Crippen LogP contribution in [0, 0.1) is 6.92 Å². The number of ether oxygens (including phenoxy) is 1. The summed E-state index contributed by atoms with van der Waals surface area (Å²) in [6.07, 6.45) is 3.03. The Morgan fingerprint density at radius 1 is 1.10 bits per heavy atom. The Morgan fingerprint density at radius 3 is 2.57 bits per heavy atom. The Morgan fingerprint density at radius 2 is 1.87 bits per heavy atom. The maximum atomic E-state index is 12.5. The van der Waals surface area contributed by atoms with E-state index < -0.39 is 10.0 Å². The van der Waals surface area contributed by atoms with Gasteiger partial charge in [0.1, 0.15) is 5.75 Å². The predicted molar refractivity (Wildman–Crippen MR) is 121 cm³/mol. The van der Waals surface area contributed by atoms with Crippen molar-refractivity contribution in [3.8, 4) is 5.75 Å². The highest BCUT2D eigenvalue weighted by Crippen LogP contribution is 2.40. The molecule has 4 rings (SSSR count). The number of hydrogen-bond acceptors (Lipinski definition) is 5. The molecule has 1 aliphatic rings. The molecule has 0 spiro atoms. The number of benzene rings is 2. The van der Waals surface area contributed by atoms with E-state index in [4.69, 9.17) is 4.74 Å². The zero-order valence-corrected chi connectivity index (χ0v) is 18.3. The molecule has 3 aromatic rings. The van der Waals surface area contributed by atoms with Gasteiger partial charge in [-0.25, -0.2) is 8.42 Å². The predicted octanol–water partition coefficient (Wildman–Crippen LogP) is 3.31. The molecule has 158 valence electrons. The Bertz CT molecular complexity index is 1310. The second-order valence-corrected chi connectivity index (χ2v) is 9.49. The van der Waals surface area contributed by atoms with E-state index in [0.29, 0.717) is 17.0 Å². The molecule has 0 saturated heterocycles. The van der Waals surface area contributed by atoms with Crippen LogP contribution in [0.5, 0.6) is 5.75 Å². The van der Waals surface area contributed by atoms with Crippen molar-refractivity contribution in [3.05, 3.63) is 57.9 Å². The smallest absolute Gasteiger partial charge is 0.253 e. The van der Waals surface area contributed by atoms with Crippen molar-refractivity contribution in [2.24, 2.45) is 7.05 Å². The number of aromatic nitrogens is 1. The van der Waals surface area contributed by atoms with Gasteiger partial charge in [0, 0.05) is 42.4 Å². The van der Waals surface area contributed by atoms with Crippen molar-refractivity contribution >= 4 is 38.0 Å². The minimum Gasteiger partial charge on any atom is -0.497 e. The molecule has 2 aromatic carbocycles. The van der Waals surface area contributed by atoms with Gasteiger partial charge < -0.3 is 14.2 Å². The van der Waals surface area contributed by atoms with Gasteiger partial charge in [-0.15, -0.1) is 0 Å². The summed E-state index contributed by atoms with van der Waals surface area (Å²) in [5.41, 5.74) is 4.98. The molecule has 0 fully saturated rings. The number of pyridine rings is 1. The Labute approximate surface area is 175 Å². The number of aryl methyl sites for hydroxylation is 3. The van der Waals surface area contributed by atoms with Gasteiger partial charge in [0.2, 0.25) is 10.0 Å². The Hall–Kier alpha value is -3.00. The topological polar surface area (TPSA) is 80.6 Å². The zero-order valence-electron chi connectivity index (χ0n) is 17.5. The van der Waals surface area contributed by atoms with Crippen LogP contribution in [0.3, 0.4) is 0 Å². The molecule has 1 aliphatic heterocycles. The van der Waals surface area contributed by atoms with E-state index in [1.54, 1.807) is 24.8 Å². The minimum atomic E-state index is -3.37. The van der Waals surface area contributed by atoms with E-state index in [2.05, 4.69) is 9.62 Å². The molecule has 1 aromatic heterocycles. The van der Waals surface area contributed by atoms with Crippen LogP contribution in [-0.2, 0) is 23.5 Å². The van der Waals surface area contributed by atoms with Crippen molar-refractivity contribution < 1.29 is 13.2 Å². The number of fused-ring (bicyclic) bond motifs is 2. The van der Waals surface area contributed by atoms with Gasteiger partial charge in [-0.2, -0.15) is 0 Å². The molecule has 8 heteroatoms. The summed E-state index contributed by atoms with van der Waals surface area (Å²) in [7, 11) is -0.00401. The summed E-state index contributed by atoms with van der Waals surface area (Å²) in [6.45, 7) is 2.59. The fourth-order valence-corrected chi connectivity index (χ4v) is 4.67. The molecule has 0 saturated carbocycles. The van der Waals surface area contributed by atoms with E-state index in [9.17, 15) is 13.2 Å². The number of rotatable bonds is 4. The number of nitrogens with one attached hydrogen (secondary N) is 1. The minimum absolute atomic E-state index is 0.0413. The van der Waals surface area contributed by atoms with Crippen molar-refractivity contribution in [1.82, 2.24) is 4.57 Å². The lowest BCUT2D eigenvalue weighted by atomic mass is 9.99. The first-order valence-corrected chi connectivity index (χ1v) is 11.6. The first kappa shape index (κ1) is 20.3. The third kappa shape index (κ3) is 3.63. The monoisotopic (exact) mass is 427 g/mol. The van der Waals surface area contributed by atoms with Crippen LogP contribution in [0.25, 0.3) is 10.9 Å². The zero-order chi connectivity index (χ0) is 21.6. The van der Waals surface area contributed by atoms with Crippen LogP contribution in [0.2, 0.25) is 0 Å². The largest absolute Gasteiger partial charge is 0.497 e. The van der Waals surface area contributed by atoms with E-state index in [0.717, 1.165) is 53.5 Å². The Balaban J connectivity index is 1.96. The van der Waals surface area contributed by atoms with Gasteiger partial charge in [0.25, 0.3) is 5.56 Å². The van der Waals surface area contributed by atoms with Crippen molar-refractivity contribution in [2.45, 2.75) is 19.8 Å². The lowest BCUT2D eigenvalue weighted by molar-refractivity contribution is 0.415. The van der Waals surface area contributed by atoms with E-state index in [1.165, 1.54) is 0 Å². The molecule has 0 bridgehead atoms. The average molecular weight is 428 g/mol. The van der Waals surface area contributed by atoms with E-state index in [-0.39, 0.29) is 5.56 Å². The van der Waals surface area contributed by atoms with Gasteiger partial charge in [-0.3, -0.25) is 9.52 Å². The van der Waals surface area contributed by atoms with Crippen molar-refractivity contribution in [3.63, 3.8) is 0 Å². The highest BCUT2D eigenvalue weighted by molar-refractivity contribution is 7.92. The summed E-state index contributed by atoms with van der Waals surface area (Å²) >= 11 is 0. The molecule has 7 nitrogen and oxygen atoms in total. The summed E-state index contributed by atoms with van der Waals surface area (Å²) in [5, 5.41) is 0.949. The third-order valence-corrected chi connectivity index (χ3v) is 6.11. The number of hydrogen-bond donors (Lipinski definition) is 1. The standard InChI is InChI=1S/C22H25N3O4S/c1-14-10-18-20(24(2)22(14)26)12-17(29-3)13-21(18)25-9-5-6-15-7-8-16(11-19(15)25)23-30(4,27)28/h7-8,10-13,23H,5-6,9H2,1-4H3. The molecule has 30 heavy (non-hydrogen) atoms. The maximum Gasteiger partial charge on any atom is 0.253 e. The van der Waals surface area contributed by atoms with Crippen LogP contribution < -0.4 is 19.9 Å². The van der Waals surface area contributed by atoms with Gasteiger partial charge >= 0.3 is 0 Å². The first-order valence-electron chi connectivity index (χ1n) is 9.74. The molecular weight excluding hydrogens is 402 g/mol. The molecule has 0 amide bonds. The van der Waals surface area contributed by atoms with Gasteiger partial charge in [0.05, 0.1) is 30.3 Å².